The summed E-state index contributed by atoms with van der Waals surface area (Å²) >= 11 is 0. The first-order valence-electron chi connectivity index (χ1n) is 9.44. The first-order chi connectivity index (χ1) is 12.2. The summed E-state index contributed by atoms with van der Waals surface area (Å²) in [5, 5.41) is 0. The predicted octanol–water partition coefficient (Wildman–Crippen LogP) is 4.25. The van der Waals surface area contributed by atoms with Crippen LogP contribution < -0.4 is 0 Å². The van der Waals surface area contributed by atoms with E-state index < -0.39 is 0 Å². The number of hydrogen-bond acceptors (Lipinski definition) is 3. The number of hydrogen-bond donors (Lipinski definition) is 0. The van der Waals surface area contributed by atoms with Gasteiger partial charge in [-0.2, -0.15) is 0 Å². The van der Waals surface area contributed by atoms with Crippen LogP contribution in [-0.2, 0) is 17.7 Å². The average Bonchev–Trinajstić information content (AvgIpc) is 3.03. The third-order valence-electron chi connectivity index (χ3n) is 5.29. The van der Waals surface area contributed by atoms with Crippen LogP contribution in [-0.4, -0.2) is 36.2 Å². The van der Waals surface area contributed by atoms with E-state index in [4.69, 9.17) is 4.74 Å². The van der Waals surface area contributed by atoms with Gasteiger partial charge in [0.1, 0.15) is 0 Å². The number of likely N-dealkylation sites (tertiary alicyclic amines) is 1. The highest BCUT2D eigenvalue weighted by Gasteiger charge is 2.37. The molecule has 0 radical (unpaired) electrons. The molecule has 134 valence electrons. The fourth-order valence-electron chi connectivity index (χ4n) is 3.90. The number of nitrogens with zero attached hydrogens (tertiary/aromatic N) is 2. The lowest BCUT2D eigenvalue weighted by atomic mass is 9.82. The van der Waals surface area contributed by atoms with E-state index in [1.807, 2.05) is 18.5 Å². The molecule has 2 aromatic rings. The van der Waals surface area contributed by atoms with E-state index in [0.717, 1.165) is 39.3 Å². The van der Waals surface area contributed by atoms with Gasteiger partial charge in [0, 0.05) is 37.5 Å². The van der Waals surface area contributed by atoms with Crippen molar-refractivity contribution in [2.45, 2.75) is 39.7 Å². The van der Waals surface area contributed by atoms with Crippen molar-refractivity contribution in [2.24, 2.45) is 5.41 Å². The molecule has 0 amide bonds. The molecule has 0 spiro atoms. The number of benzene rings is 1. The molecule has 1 aromatic heterocycles. The molecule has 3 nitrogen and oxygen atoms in total. The number of aryl methyl sites for hydroxylation is 2. The van der Waals surface area contributed by atoms with E-state index in [0.29, 0.717) is 0 Å². The fraction of sp³-hybridized carbons (Fsp3) is 0.500. The van der Waals surface area contributed by atoms with Gasteiger partial charge in [-0.15, -0.1) is 0 Å². The number of pyridine rings is 1. The third kappa shape index (κ3) is 5.13. The maximum absolute atomic E-state index is 5.89. The fourth-order valence-corrected chi connectivity index (χ4v) is 3.90. The van der Waals surface area contributed by atoms with Crippen molar-refractivity contribution in [2.75, 3.05) is 26.3 Å². The molecule has 1 atom stereocenters. The molecule has 25 heavy (non-hydrogen) atoms. The normalized spacial score (nSPS) is 20.9. The zero-order valence-electron chi connectivity index (χ0n) is 15.6. The third-order valence-corrected chi connectivity index (χ3v) is 5.29. The van der Waals surface area contributed by atoms with Crippen molar-refractivity contribution in [1.82, 2.24) is 9.88 Å². The van der Waals surface area contributed by atoms with Crippen LogP contribution in [0.2, 0.25) is 0 Å². The van der Waals surface area contributed by atoms with Crippen LogP contribution >= 0.6 is 0 Å². The summed E-state index contributed by atoms with van der Waals surface area (Å²) in [6.07, 6.45) is 7.37. The van der Waals surface area contributed by atoms with Crippen molar-refractivity contribution in [3.8, 4) is 0 Å². The van der Waals surface area contributed by atoms with Crippen LogP contribution in [0.3, 0.4) is 0 Å². The molecule has 1 fully saturated rings. The van der Waals surface area contributed by atoms with Crippen LogP contribution in [0.15, 0.2) is 48.8 Å². The molecule has 3 heteroatoms. The molecule has 0 saturated carbocycles. The Bertz CT molecular complexity index is 658. The lowest BCUT2D eigenvalue weighted by molar-refractivity contribution is 0.0489. The quantitative estimate of drug-likeness (QED) is 0.719. The topological polar surface area (TPSA) is 25.4 Å². The van der Waals surface area contributed by atoms with Gasteiger partial charge in [0.05, 0.1) is 6.61 Å². The van der Waals surface area contributed by atoms with Crippen molar-refractivity contribution < 1.29 is 4.74 Å². The van der Waals surface area contributed by atoms with Gasteiger partial charge in [0.15, 0.2) is 0 Å². The summed E-state index contributed by atoms with van der Waals surface area (Å²) in [6.45, 7) is 9.20. The molecule has 1 aliphatic heterocycles. The molecule has 2 heterocycles. The van der Waals surface area contributed by atoms with E-state index in [9.17, 15) is 0 Å². The second-order valence-corrected chi connectivity index (χ2v) is 7.45. The monoisotopic (exact) mass is 338 g/mol. The average molecular weight is 338 g/mol. The number of ether oxygens (including phenoxy) is 1. The molecule has 1 aromatic carbocycles. The van der Waals surface area contributed by atoms with Crippen molar-refractivity contribution in [3.63, 3.8) is 0 Å². The van der Waals surface area contributed by atoms with E-state index in [1.165, 1.54) is 29.5 Å². The Morgan fingerprint density at radius 3 is 2.84 bits per heavy atom. The van der Waals surface area contributed by atoms with Crippen molar-refractivity contribution in [1.29, 1.82) is 0 Å². The number of rotatable bonds is 8. The maximum Gasteiger partial charge on any atom is 0.0535 e. The molecular weight excluding hydrogens is 308 g/mol. The van der Waals surface area contributed by atoms with Crippen molar-refractivity contribution >= 4 is 0 Å². The van der Waals surface area contributed by atoms with Gasteiger partial charge in [-0.25, -0.2) is 0 Å². The predicted molar refractivity (Wildman–Crippen MR) is 103 cm³/mol. The largest absolute Gasteiger partial charge is 0.381 e. The summed E-state index contributed by atoms with van der Waals surface area (Å²) < 4.78 is 5.89. The van der Waals surface area contributed by atoms with Crippen LogP contribution in [0.4, 0.5) is 0 Å². The van der Waals surface area contributed by atoms with Crippen LogP contribution in [0, 0.1) is 12.3 Å². The van der Waals surface area contributed by atoms with Crippen molar-refractivity contribution in [3.05, 3.63) is 65.5 Å². The Balaban J connectivity index is 1.63. The van der Waals surface area contributed by atoms with Gasteiger partial charge < -0.3 is 4.74 Å². The molecule has 1 aliphatic rings. The van der Waals surface area contributed by atoms with Gasteiger partial charge in [-0.05, 0) is 56.8 Å². The highest BCUT2D eigenvalue weighted by atomic mass is 16.5. The first-order valence-corrected chi connectivity index (χ1v) is 9.44. The number of aromatic nitrogens is 1. The molecule has 0 bridgehead atoms. The standard InChI is InChI=1S/C22H30N2O/c1-3-25-18-22(10-9-20-7-4-6-19(2)14-20)11-13-24(17-22)16-21-8-5-12-23-15-21/h4-8,12,14-15H,3,9-11,13,16-18H2,1-2H3/t22-/m1/s1. The minimum Gasteiger partial charge on any atom is -0.381 e. The summed E-state index contributed by atoms with van der Waals surface area (Å²) in [7, 11) is 0. The van der Waals surface area contributed by atoms with E-state index in [-0.39, 0.29) is 5.41 Å². The minimum atomic E-state index is 0.280. The van der Waals surface area contributed by atoms with E-state index in [1.54, 1.807) is 0 Å². The summed E-state index contributed by atoms with van der Waals surface area (Å²) in [5.41, 5.74) is 4.37. The molecule has 0 unspecified atom stereocenters. The zero-order valence-corrected chi connectivity index (χ0v) is 15.6. The second-order valence-electron chi connectivity index (χ2n) is 7.45. The van der Waals surface area contributed by atoms with Crippen LogP contribution in [0.1, 0.15) is 36.5 Å². The summed E-state index contributed by atoms with van der Waals surface area (Å²) in [4.78, 5) is 6.81. The SMILES string of the molecule is CCOC[C@]1(CCc2cccc(C)c2)CCN(Cc2cccnc2)C1. The summed E-state index contributed by atoms with van der Waals surface area (Å²) in [5.74, 6) is 0. The molecular formula is C22H30N2O. The van der Waals surface area contributed by atoms with E-state index >= 15 is 0 Å². The van der Waals surface area contributed by atoms with Gasteiger partial charge >= 0.3 is 0 Å². The smallest absolute Gasteiger partial charge is 0.0535 e. The Hall–Kier alpha value is -1.71. The highest BCUT2D eigenvalue weighted by molar-refractivity contribution is 5.22. The molecule has 0 aliphatic carbocycles. The maximum atomic E-state index is 5.89. The first kappa shape index (κ1) is 18.1. The molecule has 3 rings (SSSR count). The second kappa shape index (κ2) is 8.59. The van der Waals surface area contributed by atoms with Gasteiger partial charge in [-0.1, -0.05) is 35.9 Å². The molecule has 1 saturated heterocycles. The Morgan fingerprint density at radius 1 is 1.20 bits per heavy atom. The lowest BCUT2D eigenvalue weighted by Crippen LogP contribution is -2.32. The van der Waals surface area contributed by atoms with Gasteiger partial charge in [-0.3, -0.25) is 9.88 Å². The Morgan fingerprint density at radius 2 is 2.08 bits per heavy atom. The zero-order chi connectivity index (χ0) is 17.5. The Kier molecular flexibility index (Phi) is 6.22. The van der Waals surface area contributed by atoms with Gasteiger partial charge in [0.25, 0.3) is 0 Å². The van der Waals surface area contributed by atoms with Crippen LogP contribution in [0.5, 0.6) is 0 Å². The Labute approximate surface area is 152 Å². The van der Waals surface area contributed by atoms with Gasteiger partial charge in [0.2, 0.25) is 0 Å². The lowest BCUT2D eigenvalue weighted by Gasteiger charge is -2.29. The summed E-state index contributed by atoms with van der Waals surface area (Å²) in [6, 6.07) is 13.1. The minimum absolute atomic E-state index is 0.280. The van der Waals surface area contributed by atoms with E-state index in [2.05, 4.69) is 54.1 Å². The molecule has 0 N–H and O–H groups in total. The van der Waals surface area contributed by atoms with Crippen LogP contribution in [0.25, 0.3) is 0 Å². The highest BCUT2D eigenvalue weighted by Crippen LogP contribution is 2.36.